The van der Waals surface area contributed by atoms with E-state index in [2.05, 4.69) is 16.0 Å². The molecular formula is C42H39N7O9S3. The molecule has 0 aliphatic heterocycles. The Bertz CT molecular complexity index is 2570. The summed E-state index contributed by atoms with van der Waals surface area (Å²) < 4.78 is 82.4. The number of carbonyl (C=O) groups excluding carboxylic acids is 3. The largest absolute Gasteiger partial charge is 0.333 e. The average Bonchev–Trinajstić information content (AvgIpc) is 3.20. The molecule has 0 radical (unpaired) electrons. The highest BCUT2D eigenvalue weighted by Crippen LogP contribution is 2.36. The second-order valence-electron chi connectivity index (χ2n) is 13.6. The van der Waals surface area contributed by atoms with Gasteiger partial charge in [0, 0.05) is 34.1 Å². The van der Waals surface area contributed by atoms with Gasteiger partial charge in [-0.15, -0.1) is 0 Å². The number of urea groups is 3. The number of aryl methyl sites for hydroxylation is 3. The molecule has 0 unspecified atom stereocenters. The lowest BCUT2D eigenvalue weighted by atomic mass is 10.1. The molecule has 0 bridgehead atoms. The minimum atomic E-state index is -4.15. The highest BCUT2D eigenvalue weighted by Gasteiger charge is 2.21. The summed E-state index contributed by atoms with van der Waals surface area (Å²) in [7, 11) is -12.4. The van der Waals surface area contributed by atoms with E-state index in [1.54, 1.807) is 135 Å². The zero-order chi connectivity index (χ0) is 44.0. The smallest absolute Gasteiger partial charge is 0.310 e. The summed E-state index contributed by atoms with van der Waals surface area (Å²) in [6, 6.07) is 34.2. The van der Waals surface area contributed by atoms with Crippen molar-refractivity contribution in [3.05, 3.63) is 162 Å². The van der Waals surface area contributed by atoms with Crippen molar-refractivity contribution in [3.63, 3.8) is 0 Å². The van der Waals surface area contributed by atoms with Gasteiger partial charge in [-0.3, -0.25) is 0 Å². The lowest BCUT2D eigenvalue weighted by Gasteiger charge is -2.26. The predicted molar refractivity (Wildman–Crippen MR) is 233 cm³/mol. The third-order valence-electron chi connectivity index (χ3n) is 8.83. The van der Waals surface area contributed by atoms with Gasteiger partial charge in [-0.2, -0.15) is 0 Å². The topological polar surface area (TPSA) is 229 Å². The zero-order valence-electron chi connectivity index (χ0n) is 32.7. The minimum Gasteiger partial charge on any atom is -0.310 e. The maximum absolute atomic E-state index is 12.7. The van der Waals surface area contributed by atoms with Crippen molar-refractivity contribution >= 4 is 82.3 Å². The van der Waals surface area contributed by atoms with Crippen LogP contribution >= 0.6 is 0 Å². The van der Waals surface area contributed by atoms with E-state index in [9.17, 15) is 39.6 Å². The Labute approximate surface area is 353 Å². The first-order valence-corrected chi connectivity index (χ1v) is 22.6. The molecule has 0 atom stereocenters. The number of sulfonamides is 3. The van der Waals surface area contributed by atoms with Gasteiger partial charge in [0.1, 0.15) is 0 Å². The molecule has 6 amide bonds. The Morgan fingerprint density at radius 1 is 0.344 bits per heavy atom. The average molecular weight is 882 g/mol. The number of benzene rings is 6. The van der Waals surface area contributed by atoms with Crippen molar-refractivity contribution in [2.45, 2.75) is 35.5 Å². The van der Waals surface area contributed by atoms with Crippen molar-refractivity contribution in [1.29, 1.82) is 0 Å². The van der Waals surface area contributed by atoms with Gasteiger partial charge in [0.2, 0.25) is 0 Å². The van der Waals surface area contributed by atoms with Gasteiger partial charge < -0.3 is 20.9 Å². The fourth-order valence-corrected chi connectivity index (χ4v) is 8.42. The van der Waals surface area contributed by atoms with Gasteiger partial charge in [-0.05, 0) is 130 Å². The SMILES string of the molecule is Cc1ccc(S(=O)(=O)NC(=O)Nc2ccc(N(c3ccc(NC(=O)NS(=O)(=O)c4ccc(C)cc4)cc3)c3ccc(NC(=O)NS(=O)(=O)c4ccc(C)cc4)cc3)cc2)cc1. The maximum atomic E-state index is 12.7. The summed E-state index contributed by atoms with van der Waals surface area (Å²) in [5, 5.41) is 7.52. The first kappa shape index (κ1) is 43.4. The molecule has 0 aromatic heterocycles. The number of rotatable bonds is 12. The highest BCUT2D eigenvalue weighted by molar-refractivity contribution is 7.90. The van der Waals surface area contributed by atoms with E-state index >= 15 is 0 Å². The van der Waals surface area contributed by atoms with E-state index < -0.39 is 48.2 Å². The molecule has 6 rings (SSSR count). The molecule has 19 heteroatoms. The number of nitrogens with zero attached hydrogens (tertiary/aromatic N) is 1. The summed E-state index contributed by atoms with van der Waals surface area (Å²) in [6.07, 6.45) is 0. The molecule has 0 spiro atoms. The summed E-state index contributed by atoms with van der Waals surface area (Å²) in [6.45, 7) is 5.41. The van der Waals surface area contributed by atoms with Crippen LogP contribution in [0.15, 0.2) is 160 Å². The molecule has 6 N–H and O–H groups in total. The van der Waals surface area contributed by atoms with E-state index in [0.717, 1.165) is 16.7 Å². The Hall–Kier alpha value is -7.22. The molecule has 314 valence electrons. The van der Waals surface area contributed by atoms with Crippen molar-refractivity contribution in [1.82, 2.24) is 14.2 Å². The first-order chi connectivity index (χ1) is 28.9. The number of anilines is 6. The van der Waals surface area contributed by atoms with Crippen LogP contribution in [-0.2, 0) is 30.1 Å². The quantitative estimate of drug-likeness (QED) is 0.0705. The van der Waals surface area contributed by atoms with Crippen LogP contribution in [0.4, 0.5) is 48.5 Å². The predicted octanol–water partition coefficient (Wildman–Crippen LogP) is 7.61. The first-order valence-electron chi connectivity index (χ1n) is 18.2. The zero-order valence-corrected chi connectivity index (χ0v) is 35.2. The number of carbonyl (C=O) groups is 3. The molecule has 0 aliphatic rings. The second kappa shape index (κ2) is 18.0. The summed E-state index contributed by atoms with van der Waals surface area (Å²) in [5.74, 6) is 0. The number of hydrogen-bond acceptors (Lipinski definition) is 10. The van der Waals surface area contributed by atoms with Gasteiger partial charge in [-0.25, -0.2) is 53.8 Å². The molecule has 0 fully saturated rings. The van der Waals surface area contributed by atoms with Crippen LogP contribution < -0.4 is 35.0 Å². The minimum absolute atomic E-state index is 0.0810. The van der Waals surface area contributed by atoms with Crippen LogP contribution in [0.1, 0.15) is 16.7 Å². The maximum Gasteiger partial charge on any atom is 0.333 e. The van der Waals surface area contributed by atoms with Crippen LogP contribution in [-0.4, -0.2) is 43.3 Å². The third kappa shape index (κ3) is 11.3. The van der Waals surface area contributed by atoms with Crippen LogP contribution in [0.5, 0.6) is 0 Å². The molecule has 6 aromatic rings. The van der Waals surface area contributed by atoms with Crippen LogP contribution in [0, 0.1) is 20.8 Å². The Morgan fingerprint density at radius 3 is 0.770 bits per heavy atom. The van der Waals surface area contributed by atoms with Crippen molar-refractivity contribution < 1.29 is 39.6 Å². The molecule has 0 saturated heterocycles. The van der Waals surface area contributed by atoms with Gasteiger partial charge >= 0.3 is 18.1 Å². The highest BCUT2D eigenvalue weighted by atomic mass is 32.2. The lowest BCUT2D eigenvalue weighted by Crippen LogP contribution is -2.34. The molecule has 0 heterocycles. The fraction of sp³-hybridized carbons (Fsp3) is 0.0714. The number of nitrogens with one attached hydrogen (secondary N) is 6. The Kier molecular flexibility index (Phi) is 12.8. The van der Waals surface area contributed by atoms with E-state index in [1.807, 2.05) is 14.2 Å². The van der Waals surface area contributed by atoms with Crippen LogP contribution in [0.25, 0.3) is 0 Å². The normalized spacial score (nSPS) is 11.5. The third-order valence-corrected chi connectivity index (χ3v) is 12.9. The second-order valence-corrected chi connectivity index (χ2v) is 18.6. The van der Waals surface area contributed by atoms with Crippen LogP contribution in [0.3, 0.4) is 0 Å². The van der Waals surface area contributed by atoms with Gasteiger partial charge in [0.15, 0.2) is 0 Å². The molecule has 0 aliphatic carbocycles. The molecule has 6 aromatic carbocycles. The molecule has 0 saturated carbocycles. The van der Waals surface area contributed by atoms with Crippen LogP contribution in [0.2, 0.25) is 0 Å². The lowest BCUT2D eigenvalue weighted by molar-refractivity contribution is 0.255. The van der Waals surface area contributed by atoms with Crippen molar-refractivity contribution in [3.8, 4) is 0 Å². The number of hydrogen-bond donors (Lipinski definition) is 6. The van der Waals surface area contributed by atoms with Gasteiger partial charge in [0.05, 0.1) is 14.7 Å². The molecule has 16 nitrogen and oxygen atoms in total. The van der Waals surface area contributed by atoms with E-state index in [0.29, 0.717) is 17.1 Å². The fourth-order valence-electron chi connectivity index (χ4n) is 5.69. The van der Waals surface area contributed by atoms with E-state index in [-0.39, 0.29) is 31.7 Å². The monoisotopic (exact) mass is 881 g/mol. The van der Waals surface area contributed by atoms with Gasteiger partial charge in [0.25, 0.3) is 30.1 Å². The van der Waals surface area contributed by atoms with E-state index in [4.69, 9.17) is 0 Å². The number of amides is 6. The standard InChI is InChI=1S/C42H39N7O9S3/c1-28-4-22-37(23-5-28)59(53,54)46-40(50)43-31-10-16-34(17-11-31)49(35-18-12-32(13-19-35)44-41(51)47-60(55,56)38-24-6-29(2)7-25-38)36-20-14-33(15-21-36)45-42(52)48-61(57,58)39-26-8-30(3)9-27-39/h4-27H,1-3H3,(H2,43,46,50)(H2,44,47,51)(H2,45,48,52). The summed E-state index contributed by atoms with van der Waals surface area (Å²) in [5.41, 5.74) is 4.97. The van der Waals surface area contributed by atoms with E-state index in [1.165, 1.54) is 36.4 Å². The van der Waals surface area contributed by atoms with Gasteiger partial charge in [-0.1, -0.05) is 53.1 Å². The summed E-state index contributed by atoms with van der Waals surface area (Å²) in [4.78, 5) is 39.7. The Morgan fingerprint density at radius 2 is 0.557 bits per heavy atom. The molecule has 61 heavy (non-hydrogen) atoms. The molecular weight excluding hydrogens is 843 g/mol. The van der Waals surface area contributed by atoms with Crippen molar-refractivity contribution in [2.24, 2.45) is 0 Å². The Balaban J connectivity index is 1.20. The summed E-state index contributed by atoms with van der Waals surface area (Å²) >= 11 is 0. The van der Waals surface area contributed by atoms with Crippen molar-refractivity contribution in [2.75, 3.05) is 20.9 Å².